The van der Waals surface area contributed by atoms with Gasteiger partial charge in [0.15, 0.2) is 5.69 Å². The lowest BCUT2D eigenvalue weighted by molar-refractivity contribution is 0.101. The third-order valence-corrected chi connectivity index (χ3v) is 5.68. The first kappa shape index (κ1) is 21.4. The Bertz CT molecular complexity index is 1030. The predicted octanol–water partition coefficient (Wildman–Crippen LogP) is 5.45. The summed E-state index contributed by atoms with van der Waals surface area (Å²) in [6.45, 7) is 5.18. The van der Waals surface area contributed by atoms with Crippen LogP contribution in [0.15, 0.2) is 53.1 Å². The molecule has 0 aliphatic carbocycles. The SMILES string of the molecule is Cc1onc(C(=O)Nc2ccc(CN3CCCCC3)cc2)c1COc1cccc(Cl)c1. The van der Waals surface area contributed by atoms with Crippen molar-refractivity contribution in [2.24, 2.45) is 0 Å². The molecule has 0 radical (unpaired) electrons. The van der Waals surface area contributed by atoms with Gasteiger partial charge in [-0.3, -0.25) is 9.69 Å². The number of hydrogen-bond donors (Lipinski definition) is 1. The molecule has 162 valence electrons. The van der Waals surface area contributed by atoms with E-state index in [0.717, 1.165) is 25.3 Å². The molecule has 1 fully saturated rings. The van der Waals surface area contributed by atoms with E-state index in [1.54, 1.807) is 31.2 Å². The zero-order chi connectivity index (χ0) is 21.6. The van der Waals surface area contributed by atoms with Crippen LogP contribution in [-0.4, -0.2) is 29.1 Å². The number of ether oxygens (including phenoxy) is 1. The molecule has 2 heterocycles. The van der Waals surface area contributed by atoms with Crippen LogP contribution in [0.3, 0.4) is 0 Å². The highest BCUT2D eigenvalue weighted by Crippen LogP contribution is 2.22. The lowest BCUT2D eigenvalue weighted by Crippen LogP contribution is -2.29. The molecule has 2 aromatic carbocycles. The van der Waals surface area contributed by atoms with E-state index >= 15 is 0 Å². The molecule has 1 aliphatic rings. The van der Waals surface area contributed by atoms with Crippen molar-refractivity contribution >= 4 is 23.2 Å². The number of carbonyl (C=O) groups excluding carboxylic acids is 1. The lowest BCUT2D eigenvalue weighted by Gasteiger charge is -2.26. The zero-order valence-corrected chi connectivity index (χ0v) is 18.3. The molecule has 1 aliphatic heterocycles. The van der Waals surface area contributed by atoms with Crippen LogP contribution >= 0.6 is 11.6 Å². The normalized spacial score (nSPS) is 14.4. The van der Waals surface area contributed by atoms with Crippen LogP contribution in [-0.2, 0) is 13.2 Å². The number of amides is 1. The predicted molar refractivity (Wildman–Crippen MR) is 121 cm³/mol. The molecule has 1 N–H and O–H groups in total. The number of nitrogens with zero attached hydrogens (tertiary/aromatic N) is 2. The third-order valence-electron chi connectivity index (χ3n) is 5.45. The molecule has 7 heteroatoms. The van der Waals surface area contributed by atoms with Crippen LogP contribution in [0, 0.1) is 6.92 Å². The van der Waals surface area contributed by atoms with E-state index in [0.29, 0.717) is 22.1 Å². The standard InChI is InChI=1S/C24H26ClN3O3/c1-17-22(16-30-21-7-5-6-19(25)14-21)23(27-31-17)24(29)26-20-10-8-18(9-11-20)15-28-12-3-2-4-13-28/h5-11,14H,2-4,12-13,15-16H2,1H3,(H,26,29). The van der Waals surface area contributed by atoms with Crippen LogP contribution in [0.5, 0.6) is 5.75 Å². The van der Waals surface area contributed by atoms with Crippen LogP contribution in [0.1, 0.15) is 46.6 Å². The highest BCUT2D eigenvalue weighted by atomic mass is 35.5. The summed E-state index contributed by atoms with van der Waals surface area (Å²) in [5.41, 5.74) is 2.79. The maximum absolute atomic E-state index is 12.8. The molecule has 0 saturated carbocycles. The van der Waals surface area contributed by atoms with E-state index < -0.39 is 0 Å². The molecule has 1 amide bonds. The van der Waals surface area contributed by atoms with E-state index in [9.17, 15) is 4.79 Å². The molecule has 4 rings (SSSR count). The average molecular weight is 440 g/mol. The minimum Gasteiger partial charge on any atom is -0.489 e. The molecular formula is C24H26ClN3O3. The topological polar surface area (TPSA) is 67.6 Å². The Balaban J connectivity index is 1.38. The molecule has 0 atom stereocenters. The molecule has 1 saturated heterocycles. The summed E-state index contributed by atoms with van der Waals surface area (Å²) in [7, 11) is 0. The molecule has 6 nitrogen and oxygen atoms in total. The maximum Gasteiger partial charge on any atom is 0.278 e. The number of rotatable bonds is 7. The number of hydrogen-bond acceptors (Lipinski definition) is 5. The fourth-order valence-electron chi connectivity index (χ4n) is 3.71. The van der Waals surface area contributed by atoms with Crippen LogP contribution in [0.4, 0.5) is 5.69 Å². The zero-order valence-electron chi connectivity index (χ0n) is 17.6. The van der Waals surface area contributed by atoms with Gasteiger partial charge in [0.25, 0.3) is 5.91 Å². The van der Waals surface area contributed by atoms with Gasteiger partial charge in [-0.05, 0) is 68.8 Å². The molecule has 3 aromatic rings. The Morgan fingerprint density at radius 3 is 2.68 bits per heavy atom. The first-order chi connectivity index (χ1) is 15.1. The Morgan fingerprint density at radius 1 is 1.16 bits per heavy atom. The molecular weight excluding hydrogens is 414 g/mol. The van der Waals surface area contributed by atoms with Crippen LogP contribution < -0.4 is 10.1 Å². The number of aryl methyl sites for hydroxylation is 1. The van der Waals surface area contributed by atoms with Gasteiger partial charge in [-0.2, -0.15) is 0 Å². The average Bonchev–Trinajstić information content (AvgIpc) is 3.15. The van der Waals surface area contributed by atoms with E-state index in [4.69, 9.17) is 20.9 Å². The van der Waals surface area contributed by atoms with Crippen LogP contribution in [0.2, 0.25) is 5.02 Å². The minimum absolute atomic E-state index is 0.160. The minimum atomic E-state index is -0.328. The molecule has 1 aromatic heterocycles. The monoisotopic (exact) mass is 439 g/mol. The number of benzene rings is 2. The molecule has 0 bridgehead atoms. The Kier molecular flexibility index (Phi) is 6.89. The smallest absolute Gasteiger partial charge is 0.278 e. The second kappa shape index (κ2) is 9.98. The van der Waals surface area contributed by atoms with Gasteiger partial charge < -0.3 is 14.6 Å². The fraction of sp³-hybridized carbons (Fsp3) is 0.333. The third kappa shape index (κ3) is 5.66. The number of carbonyl (C=O) groups is 1. The second-order valence-corrected chi connectivity index (χ2v) is 8.24. The van der Waals surface area contributed by atoms with Crippen molar-refractivity contribution < 1.29 is 14.1 Å². The van der Waals surface area contributed by atoms with Crippen LogP contribution in [0.25, 0.3) is 0 Å². The summed E-state index contributed by atoms with van der Waals surface area (Å²) in [5, 5.41) is 7.42. The summed E-state index contributed by atoms with van der Waals surface area (Å²) in [6, 6.07) is 15.1. The van der Waals surface area contributed by atoms with Crippen molar-refractivity contribution in [1.82, 2.24) is 10.1 Å². The summed E-state index contributed by atoms with van der Waals surface area (Å²) in [5.74, 6) is 0.832. The largest absolute Gasteiger partial charge is 0.489 e. The van der Waals surface area contributed by atoms with Crippen molar-refractivity contribution in [3.8, 4) is 5.75 Å². The van der Waals surface area contributed by atoms with Gasteiger partial charge in [-0.1, -0.05) is 41.4 Å². The van der Waals surface area contributed by atoms with Gasteiger partial charge in [-0.15, -0.1) is 0 Å². The van der Waals surface area contributed by atoms with Crippen molar-refractivity contribution in [3.05, 3.63) is 76.1 Å². The van der Waals surface area contributed by atoms with E-state index in [2.05, 4.69) is 27.5 Å². The molecule has 0 spiro atoms. The maximum atomic E-state index is 12.8. The van der Waals surface area contributed by atoms with Gasteiger partial charge >= 0.3 is 0 Å². The first-order valence-corrected chi connectivity index (χ1v) is 10.9. The van der Waals surface area contributed by atoms with Gasteiger partial charge in [0, 0.05) is 17.3 Å². The Hall–Kier alpha value is -2.83. The number of nitrogens with one attached hydrogen (secondary N) is 1. The van der Waals surface area contributed by atoms with Crippen molar-refractivity contribution in [2.75, 3.05) is 18.4 Å². The number of piperidine rings is 1. The van der Waals surface area contributed by atoms with E-state index in [-0.39, 0.29) is 18.2 Å². The van der Waals surface area contributed by atoms with Gasteiger partial charge in [0.2, 0.25) is 0 Å². The molecule has 0 unspecified atom stereocenters. The van der Waals surface area contributed by atoms with E-state index in [1.807, 2.05) is 12.1 Å². The van der Waals surface area contributed by atoms with Gasteiger partial charge in [-0.25, -0.2) is 0 Å². The number of anilines is 1. The fourth-order valence-corrected chi connectivity index (χ4v) is 3.89. The lowest BCUT2D eigenvalue weighted by atomic mass is 10.1. The summed E-state index contributed by atoms with van der Waals surface area (Å²) in [6.07, 6.45) is 3.87. The van der Waals surface area contributed by atoms with Crippen molar-refractivity contribution in [2.45, 2.75) is 39.3 Å². The second-order valence-electron chi connectivity index (χ2n) is 7.80. The number of aromatic nitrogens is 1. The van der Waals surface area contributed by atoms with Crippen molar-refractivity contribution in [1.29, 1.82) is 0 Å². The Morgan fingerprint density at radius 2 is 1.94 bits per heavy atom. The summed E-state index contributed by atoms with van der Waals surface area (Å²) < 4.78 is 11.0. The Labute approximate surface area is 187 Å². The number of likely N-dealkylation sites (tertiary alicyclic amines) is 1. The van der Waals surface area contributed by atoms with Gasteiger partial charge in [0.1, 0.15) is 18.1 Å². The highest BCUT2D eigenvalue weighted by Gasteiger charge is 2.21. The van der Waals surface area contributed by atoms with Gasteiger partial charge in [0.05, 0.1) is 5.56 Å². The summed E-state index contributed by atoms with van der Waals surface area (Å²) in [4.78, 5) is 15.3. The molecule has 31 heavy (non-hydrogen) atoms. The quantitative estimate of drug-likeness (QED) is 0.529. The van der Waals surface area contributed by atoms with E-state index in [1.165, 1.54) is 24.8 Å². The first-order valence-electron chi connectivity index (χ1n) is 10.5. The number of halogens is 1. The highest BCUT2D eigenvalue weighted by molar-refractivity contribution is 6.30. The summed E-state index contributed by atoms with van der Waals surface area (Å²) >= 11 is 6.00. The van der Waals surface area contributed by atoms with Crippen molar-refractivity contribution in [3.63, 3.8) is 0 Å².